The lowest BCUT2D eigenvalue weighted by atomic mass is 10.1. The average molecular weight is 205 g/mol. The van der Waals surface area contributed by atoms with Crippen LogP contribution < -0.4 is 5.32 Å². The molecule has 2 heteroatoms. The Hall–Kier alpha value is -0.860. The van der Waals surface area contributed by atoms with Crippen LogP contribution in [0.3, 0.4) is 0 Å². The zero-order chi connectivity index (χ0) is 10.8. The number of hydrogen-bond donors (Lipinski definition) is 2. The van der Waals surface area contributed by atoms with Gasteiger partial charge in [-0.3, -0.25) is 0 Å². The fraction of sp³-hybridized carbons (Fsp3) is 0.538. The molecule has 15 heavy (non-hydrogen) atoms. The molecule has 1 aromatic rings. The fourth-order valence-electron chi connectivity index (χ4n) is 1.92. The third kappa shape index (κ3) is 2.58. The van der Waals surface area contributed by atoms with Crippen LogP contribution in [-0.4, -0.2) is 23.3 Å². The lowest BCUT2D eigenvalue weighted by molar-refractivity contribution is 0.151. The summed E-state index contributed by atoms with van der Waals surface area (Å²) in [6.45, 7) is 3.86. The van der Waals surface area contributed by atoms with Gasteiger partial charge in [0.15, 0.2) is 0 Å². The summed E-state index contributed by atoms with van der Waals surface area (Å²) in [5, 5.41) is 12.8. The Morgan fingerprint density at radius 1 is 1.27 bits per heavy atom. The first-order valence-electron chi connectivity index (χ1n) is 5.67. The summed E-state index contributed by atoms with van der Waals surface area (Å²) in [6, 6.07) is 11.3. The first-order valence-corrected chi connectivity index (χ1v) is 5.67. The van der Waals surface area contributed by atoms with Gasteiger partial charge in [-0.2, -0.15) is 0 Å². The molecular weight excluding hydrogens is 186 g/mol. The van der Waals surface area contributed by atoms with Crippen LogP contribution in [0.4, 0.5) is 0 Å². The summed E-state index contributed by atoms with van der Waals surface area (Å²) in [5.41, 5.74) is 1.41. The topological polar surface area (TPSA) is 32.3 Å². The van der Waals surface area contributed by atoms with Crippen molar-refractivity contribution in [2.75, 3.05) is 0 Å². The molecule has 4 atom stereocenters. The van der Waals surface area contributed by atoms with Gasteiger partial charge in [-0.15, -0.1) is 0 Å². The van der Waals surface area contributed by atoms with Crippen molar-refractivity contribution in [3.05, 3.63) is 35.9 Å². The van der Waals surface area contributed by atoms with Crippen molar-refractivity contribution in [3.8, 4) is 0 Å². The second kappa shape index (κ2) is 4.33. The van der Waals surface area contributed by atoms with Crippen molar-refractivity contribution in [1.29, 1.82) is 0 Å². The SMILES string of the molecule is CC(O)C(C)NC1CC1c1ccccc1. The lowest BCUT2D eigenvalue weighted by Crippen LogP contribution is -2.37. The summed E-state index contributed by atoms with van der Waals surface area (Å²) in [4.78, 5) is 0. The van der Waals surface area contributed by atoms with Gasteiger partial charge >= 0.3 is 0 Å². The maximum absolute atomic E-state index is 9.39. The van der Waals surface area contributed by atoms with Crippen LogP contribution in [0.1, 0.15) is 31.7 Å². The van der Waals surface area contributed by atoms with Crippen molar-refractivity contribution >= 4 is 0 Å². The van der Waals surface area contributed by atoms with E-state index in [2.05, 4.69) is 29.6 Å². The normalized spacial score (nSPS) is 28.5. The van der Waals surface area contributed by atoms with Gasteiger partial charge in [-0.25, -0.2) is 0 Å². The third-order valence-corrected chi connectivity index (χ3v) is 3.22. The van der Waals surface area contributed by atoms with Crippen molar-refractivity contribution in [3.63, 3.8) is 0 Å². The van der Waals surface area contributed by atoms with Crippen molar-refractivity contribution in [2.24, 2.45) is 0 Å². The zero-order valence-electron chi connectivity index (χ0n) is 9.35. The highest BCUT2D eigenvalue weighted by Gasteiger charge is 2.39. The van der Waals surface area contributed by atoms with Crippen LogP contribution in [0, 0.1) is 0 Å². The highest BCUT2D eigenvalue weighted by Crippen LogP contribution is 2.40. The molecule has 2 rings (SSSR count). The number of aliphatic hydroxyl groups excluding tert-OH is 1. The van der Waals surface area contributed by atoms with Crippen LogP contribution in [0.15, 0.2) is 30.3 Å². The molecule has 1 aliphatic carbocycles. The molecule has 0 amide bonds. The van der Waals surface area contributed by atoms with E-state index in [9.17, 15) is 5.11 Å². The van der Waals surface area contributed by atoms with Crippen LogP contribution >= 0.6 is 0 Å². The second-order valence-electron chi connectivity index (χ2n) is 4.56. The van der Waals surface area contributed by atoms with E-state index in [1.54, 1.807) is 0 Å². The van der Waals surface area contributed by atoms with Gasteiger partial charge in [-0.05, 0) is 25.8 Å². The number of aliphatic hydroxyl groups is 1. The van der Waals surface area contributed by atoms with Gasteiger partial charge in [-0.1, -0.05) is 30.3 Å². The molecule has 0 aliphatic heterocycles. The van der Waals surface area contributed by atoms with Gasteiger partial charge in [0.25, 0.3) is 0 Å². The molecule has 0 bridgehead atoms. The maximum Gasteiger partial charge on any atom is 0.0662 e. The minimum atomic E-state index is -0.276. The predicted octanol–water partition coefficient (Wildman–Crippen LogP) is 1.90. The van der Waals surface area contributed by atoms with Crippen LogP contribution in [0.5, 0.6) is 0 Å². The molecule has 2 nitrogen and oxygen atoms in total. The first kappa shape index (κ1) is 10.7. The maximum atomic E-state index is 9.39. The monoisotopic (exact) mass is 205 g/mol. The summed E-state index contributed by atoms with van der Waals surface area (Å²) < 4.78 is 0. The minimum Gasteiger partial charge on any atom is -0.392 e. The Morgan fingerprint density at radius 3 is 2.53 bits per heavy atom. The molecule has 0 saturated heterocycles. The van der Waals surface area contributed by atoms with E-state index < -0.39 is 0 Å². The first-order chi connectivity index (χ1) is 7.18. The molecule has 2 N–H and O–H groups in total. The van der Waals surface area contributed by atoms with E-state index in [0.717, 1.165) is 0 Å². The van der Waals surface area contributed by atoms with Crippen LogP contribution in [0.25, 0.3) is 0 Å². The Kier molecular flexibility index (Phi) is 3.08. The van der Waals surface area contributed by atoms with E-state index in [0.29, 0.717) is 12.0 Å². The van der Waals surface area contributed by atoms with Gasteiger partial charge in [0.05, 0.1) is 6.10 Å². The lowest BCUT2D eigenvalue weighted by Gasteiger charge is -2.16. The van der Waals surface area contributed by atoms with E-state index >= 15 is 0 Å². The smallest absolute Gasteiger partial charge is 0.0662 e. The summed E-state index contributed by atoms with van der Waals surface area (Å²) in [7, 11) is 0. The molecule has 1 aromatic carbocycles. The van der Waals surface area contributed by atoms with Gasteiger partial charge in [0.1, 0.15) is 0 Å². The van der Waals surface area contributed by atoms with E-state index in [4.69, 9.17) is 0 Å². The Labute approximate surface area is 91.3 Å². The molecule has 4 unspecified atom stereocenters. The largest absolute Gasteiger partial charge is 0.392 e. The second-order valence-corrected chi connectivity index (χ2v) is 4.56. The highest BCUT2D eigenvalue weighted by atomic mass is 16.3. The quantitative estimate of drug-likeness (QED) is 0.787. The summed E-state index contributed by atoms with van der Waals surface area (Å²) in [6.07, 6.45) is 0.920. The van der Waals surface area contributed by atoms with Crippen molar-refractivity contribution in [2.45, 2.75) is 44.4 Å². The fourth-order valence-corrected chi connectivity index (χ4v) is 1.92. The summed E-state index contributed by atoms with van der Waals surface area (Å²) >= 11 is 0. The Morgan fingerprint density at radius 2 is 1.93 bits per heavy atom. The molecule has 1 saturated carbocycles. The van der Waals surface area contributed by atoms with Crippen LogP contribution in [-0.2, 0) is 0 Å². The van der Waals surface area contributed by atoms with Crippen molar-refractivity contribution < 1.29 is 5.11 Å². The number of rotatable bonds is 4. The van der Waals surface area contributed by atoms with Gasteiger partial charge < -0.3 is 10.4 Å². The average Bonchev–Trinajstić information content (AvgIpc) is 2.98. The van der Waals surface area contributed by atoms with Crippen LogP contribution in [0.2, 0.25) is 0 Å². The molecule has 82 valence electrons. The van der Waals surface area contributed by atoms with E-state index in [1.807, 2.05) is 19.9 Å². The number of hydrogen-bond acceptors (Lipinski definition) is 2. The van der Waals surface area contributed by atoms with E-state index in [-0.39, 0.29) is 12.1 Å². The molecule has 0 heterocycles. The standard InChI is InChI=1S/C13H19NO/c1-9(10(2)15)14-13-8-12(13)11-6-4-3-5-7-11/h3-7,9-10,12-15H,8H2,1-2H3. The third-order valence-electron chi connectivity index (χ3n) is 3.22. The molecule has 0 aromatic heterocycles. The molecule has 0 radical (unpaired) electrons. The Balaban J connectivity index is 1.87. The molecule has 0 spiro atoms. The van der Waals surface area contributed by atoms with Crippen molar-refractivity contribution in [1.82, 2.24) is 5.32 Å². The molecule has 1 fully saturated rings. The summed E-state index contributed by atoms with van der Waals surface area (Å²) in [5.74, 6) is 0.646. The zero-order valence-corrected chi connectivity index (χ0v) is 9.35. The number of nitrogens with one attached hydrogen (secondary N) is 1. The Bertz CT molecular complexity index is 310. The molecular formula is C13H19NO. The number of benzene rings is 1. The van der Waals surface area contributed by atoms with Gasteiger partial charge in [0.2, 0.25) is 0 Å². The minimum absolute atomic E-state index is 0.184. The van der Waals surface area contributed by atoms with E-state index in [1.165, 1.54) is 12.0 Å². The molecule has 1 aliphatic rings. The highest BCUT2D eigenvalue weighted by molar-refractivity contribution is 5.27. The van der Waals surface area contributed by atoms with Gasteiger partial charge in [0, 0.05) is 18.0 Å². The predicted molar refractivity (Wildman–Crippen MR) is 61.9 cm³/mol.